The highest BCUT2D eigenvalue weighted by Crippen LogP contribution is 2.44. The summed E-state index contributed by atoms with van der Waals surface area (Å²) >= 11 is 0. The van der Waals surface area contributed by atoms with Crippen molar-refractivity contribution in [2.45, 2.75) is 88.5 Å². The minimum absolute atomic E-state index is 0.0403. The number of carbonyl (C=O) groups excluding carboxylic acids is 1. The number of benzene rings is 1. The maximum atomic E-state index is 12.4. The average molecular weight is 470 g/mol. The number of ether oxygens (including phenoxy) is 1. The van der Waals surface area contributed by atoms with Gasteiger partial charge in [0.2, 0.25) is 0 Å². The zero-order chi connectivity index (χ0) is 23.3. The summed E-state index contributed by atoms with van der Waals surface area (Å²) in [4.78, 5) is 12.4. The van der Waals surface area contributed by atoms with Gasteiger partial charge in [0.05, 0.1) is 25.0 Å². The topological polar surface area (TPSA) is 82.6 Å². The molecule has 2 heterocycles. The maximum absolute atomic E-state index is 12.4. The fourth-order valence-corrected chi connectivity index (χ4v) is 7.18. The standard InChI is InChI=1S/C28H43N3O3/c32-14-13-29-28(33)20-8-6-7-19(15-20)25-18-31-27-24(25)16-21(17-30-27)23-11-4-5-12-26(23)34-22-9-2-1-3-10-22/h6-8,15,21-27,30-32H,1-5,9-14,16-18H2,(H,29,33). The summed E-state index contributed by atoms with van der Waals surface area (Å²) in [6.45, 7) is 2.28. The molecule has 6 unspecified atom stereocenters. The second-order valence-electron chi connectivity index (χ2n) is 11.0. The Morgan fingerprint density at radius 3 is 2.65 bits per heavy atom. The number of amides is 1. The summed E-state index contributed by atoms with van der Waals surface area (Å²) in [6, 6.07) is 8.10. The molecule has 2 aliphatic carbocycles. The van der Waals surface area contributed by atoms with Crippen LogP contribution in [0.3, 0.4) is 0 Å². The lowest BCUT2D eigenvalue weighted by molar-refractivity contribution is -0.0901. The molecule has 0 spiro atoms. The lowest BCUT2D eigenvalue weighted by atomic mass is 9.70. The first-order chi connectivity index (χ1) is 16.7. The molecule has 34 heavy (non-hydrogen) atoms. The molecule has 2 aliphatic heterocycles. The first-order valence-corrected chi connectivity index (χ1v) is 13.8. The lowest BCUT2D eigenvalue weighted by Gasteiger charge is -2.44. The van der Waals surface area contributed by atoms with Crippen molar-refractivity contribution in [1.82, 2.24) is 16.0 Å². The van der Waals surface area contributed by atoms with Crippen LogP contribution in [0.4, 0.5) is 0 Å². The Kier molecular flexibility index (Phi) is 8.20. The van der Waals surface area contributed by atoms with Gasteiger partial charge in [0.1, 0.15) is 0 Å². The number of carbonyl (C=O) groups is 1. The molecule has 2 saturated heterocycles. The van der Waals surface area contributed by atoms with E-state index in [4.69, 9.17) is 9.84 Å². The van der Waals surface area contributed by atoms with Crippen molar-refractivity contribution in [3.05, 3.63) is 35.4 Å². The van der Waals surface area contributed by atoms with Crippen LogP contribution in [-0.2, 0) is 4.74 Å². The molecule has 6 atom stereocenters. The minimum atomic E-state index is -0.108. The van der Waals surface area contributed by atoms with Crippen molar-refractivity contribution in [3.63, 3.8) is 0 Å². The van der Waals surface area contributed by atoms with Crippen LogP contribution >= 0.6 is 0 Å². The van der Waals surface area contributed by atoms with Gasteiger partial charge in [-0.3, -0.25) is 4.79 Å². The van der Waals surface area contributed by atoms with E-state index >= 15 is 0 Å². The Hall–Kier alpha value is -1.47. The van der Waals surface area contributed by atoms with Gasteiger partial charge in [-0.25, -0.2) is 0 Å². The molecule has 6 nitrogen and oxygen atoms in total. The Morgan fingerprint density at radius 2 is 1.79 bits per heavy atom. The van der Waals surface area contributed by atoms with E-state index < -0.39 is 0 Å². The summed E-state index contributed by atoms with van der Waals surface area (Å²) < 4.78 is 6.79. The molecule has 188 valence electrons. The van der Waals surface area contributed by atoms with E-state index in [1.807, 2.05) is 12.1 Å². The van der Waals surface area contributed by atoms with Gasteiger partial charge >= 0.3 is 0 Å². The average Bonchev–Trinajstić information content (AvgIpc) is 3.32. The predicted molar refractivity (Wildman–Crippen MR) is 134 cm³/mol. The second-order valence-corrected chi connectivity index (χ2v) is 11.0. The highest BCUT2D eigenvalue weighted by molar-refractivity contribution is 5.94. The van der Waals surface area contributed by atoms with E-state index in [1.54, 1.807) is 0 Å². The van der Waals surface area contributed by atoms with Crippen molar-refractivity contribution < 1.29 is 14.6 Å². The number of piperidine rings is 1. The number of rotatable bonds is 7. The molecule has 4 aliphatic rings. The summed E-state index contributed by atoms with van der Waals surface area (Å²) in [7, 11) is 0. The van der Waals surface area contributed by atoms with Crippen molar-refractivity contribution in [3.8, 4) is 0 Å². The highest BCUT2D eigenvalue weighted by Gasteiger charge is 2.44. The van der Waals surface area contributed by atoms with E-state index in [1.165, 1.54) is 69.8 Å². The Morgan fingerprint density at radius 1 is 1.00 bits per heavy atom. The van der Waals surface area contributed by atoms with Crippen LogP contribution in [0.15, 0.2) is 24.3 Å². The van der Waals surface area contributed by atoms with E-state index in [0.29, 0.717) is 47.6 Å². The number of fused-ring (bicyclic) bond motifs is 1. The zero-order valence-electron chi connectivity index (χ0n) is 20.5. The van der Waals surface area contributed by atoms with Gasteiger partial charge in [0, 0.05) is 24.6 Å². The molecule has 2 saturated carbocycles. The molecule has 0 aromatic heterocycles. The number of aliphatic hydroxyl groups excluding tert-OH is 1. The van der Waals surface area contributed by atoms with Crippen LogP contribution in [-0.4, -0.2) is 55.6 Å². The maximum Gasteiger partial charge on any atom is 0.251 e. The molecule has 4 N–H and O–H groups in total. The van der Waals surface area contributed by atoms with Crippen molar-refractivity contribution in [2.75, 3.05) is 26.2 Å². The number of hydrogen-bond donors (Lipinski definition) is 4. The summed E-state index contributed by atoms with van der Waals surface area (Å²) in [5.74, 6) is 2.16. The molecule has 5 rings (SSSR count). The van der Waals surface area contributed by atoms with Crippen molar-refractivity contribution >= 4 is 5.91 Å². The molecule has 1 amide bonds. The zero-order valence-corrected chi connectivity index (χ0v) is 20.5. The third kappa shape index (κ3) is 5.51. The monoisotopic (exact) mass is 469 g/mol. The molecule has 6 heteroatoms. The van der Waals surface area contributed by atoms with E-state index in [9.17, 15) is 4.79 Å². The second kappa shape index (κ2) is 11.5. The van der Waals surface area contributed by atoms with E-state index in [2.05, 4.69) is 28.1 Å². The van der Waals surface area contributed by atoms with E-state index in [0.717, 1.165) is 13.1 Å². The fourth-order valence-electron chi connectivity index (χ4n) is 7.18. The molecule has 1 aromatic rings. The van der Waals surface area contributed by atoms with Crippen LogP contribution in [0.25, 0.3) is 0 Å². The van der Waals surface area contributed by atoms with Crippen molar-refractivity contribution in [1.29, 1.82) is 0 Å². The van der Waals surface area contributed by atoms with Gasteiger partial charge in [-0.15, -0.1) is 0 Å². The van der Waals surface area contributed by atoms with Crippen LogP contribution in [0.5, 0.6) is 0 Å². The van der Waals surface area contributed by atoms with Gasteiger partial charge in [-0.05, 0) is 74.1 Å². The first-order valence-electron chi connectivity index (χ1n) is 13.8. The Bertz CT molecular complexity index is 812. The van der Waals surface area contributed by atoms with Gasteiger partial charge < -0.3 is 25.8 Å². The summed E-state index contributed by atoms with van der Waals surface area (Å²) in [5.41, 5.74) is 1.93. The van der Waals surface area contributed by atoms with Crippen LogP contribution in [0.1, 0.15) is 86.0 Å². The number of aliphatic hydroxyl groups is 1. The minimum Gasteiger partial charge on any atom is -0.395 e. The third-order valence-corrected chi connectivity index (χ3v) is 8.93. The van der Waals surface area contributed by atoms with Crippen LogP contribution < -0.4 is 16.0 Å². The smallest absolute Gasteiger partial charge is 0.251 e. The third-order valence-electron chi connectivity index (χ3n) is 8.93. The van der Waals surface area contributed by atoms with E-state index in [-0.39, 0.29) is 19.1 Å². The van der Waals surface area contributed by atoms with Gasteiger partial charge in [-0.1, -0.05) is 44.2 Å². The SMILES string of the molecule is O=C(NCCO)c1cccc(C2CNC3NCC(C4CCCCC4OC4CCCCC4)CC32)c1. The van der Waals surface area contributed by atoms with Gasteiger partial charge in [0.15, 0.2) is 0 Å². The van der Waals surface area contributed by atoms with Crippen molar-refractivity contribution in [2.24, 2.45) is 17.8 Å². The largest absolute Gasteiger partial charge is 0.395 e. The highest BCUT2D eigenvalue weighted by atomic mass is 16.5. The molecule has 4 fully saturated rings. The van der Waals surface area contributed by atoms with Gasteiger partial charge in [0.25, 0.3) is 5.91 Å². The molecular weight excluding hydrogens is 426 g/mol. The first kappa shape index (κ1) is 24.2. The number of nitrogens with one attached hydrogen (secondary N) is 3. The molecule has 0 radical (unpaired) electrons. The quantitative estimate of drug-likeness (QED) is 0.491. The molecular formula is C28H43N3O3. The Balaban J connectivity index is 1.26. The number of hydrogen-bond acceptors (Lipinski definition) is 5. The fraction of sp³-hybridized carbons (Fsp3) is 0.750. The predicted octanol–water partition coefficient (Wildman–Crippen LogP) is 3.56. The van der Waals surface area contributed by atoms with Crippen LogP contribution in [0, 0.1) is 17.8 Å². The lowest BCUT2D eigenvalue weighted by Crippen LogP contribution is -2.52. The Labute approximate surface area is 204 Å². The van der Waals surface area contributed by atoms with Gasteiger partial charge in [-0.2, -0.15) is 0 Å². The summed E-state index contributed by atoms with van der Waals surface area (Å²) in [5, 5.41) is 19.4. The normalized spacial score (nSPS) is 34.5. The molecule has 0 bridgehead atoms. The molecule has 1 aromatic carbocycles. The van der Waals surface area contributed by atoms with Crippen LogP contribution in [0.2, 0.25) is 0 Å². The summed E-state index contributed by atoms with van der Waals surface area (Å²) in [6.07, 6.45) is 14.3.